The first-order valence-electron chi connectivity index (χ1n) is 10.6. The molecule has 37 heavy (non-hydrogen) atoms. The number of hydrogen-bond acceptors (Lipinski definition) is 10. The van der Waals surface area contributed by atoms with Gasteiger partial charge in [-0.2, -0.15) is 0 Å². The Morgan fingerprint density at radius 3 is 1.73 bits per heavy atom. The zero-order valence-corrected chi connectivity index (χ0v) is 24.0. The Labute approximate surface area is 235 Å². The topological polar surface area (TPSA) is 181 Å². The first-order chi connectivity index (χ1) is 17.6. The number of oxime groups is 2. The van der Waals surface area contributed by atoms with Gasteiger partial charge < -0.3 is 31.3 Å². The smallest absolute Gasteiger partial charge is 0.269 e. The van der Waals surface area contributed by atoms with E-state index in [1.807, 2.05) is 0 Å². The lowest BCUT2D eigenvalue weighted by atomic mass is 10.1. The monoisotopic (exact) mass is 678 g/mol. The Morgan fingerprint density at radius 1 is 0.838 bits per heavy atom. The van der Waals surface area contributed by atoms with Crippen molar-refractivity contribution in [3.05, 3.63) is 56.5 Å². The van der Waals surface area contributed by atoms with Gasteiger partial charge in [0.05, 0.1) is 24.5 Å². The second kappa shape index (κ2) is 15.6. The second-order valence-electron chi connectivity index (χ2n) is 7.36. The number of benzene rings is 2. The van der Waals surface area contributed by atoms with Crippen LogP contribution in [0.5, 0.6) is 11.5 Å². The minimum atomic E-state index is -1.35. The highest BCUT2D eigenvalue weighted by Gasteiger charge is 2.16. The van der Waals surface area contributed by atoms with E-state index in [0.29, 0.717) is 25.8 Å². The molecule has 2 aromatic carbocycles. The lowest BCUT2D eigenvalue weighted by Crippen LogP contribution is -2.35. The van der Waals surface area contributed by atoms with Crippen molar-refractivity contribution in [2.75, 3.05) is 24.6 Å². The number of phenols is 2. The van der Waals surface area contributed by atoms with E-state index in [4.69, 9.17) is 0 Å². The molecule has 2 rings (SSSR count). The molecule has 2 aromatic rings. The number of nitrogens with zero attached hydrogens (tertiary/aromatic N) is 2. The molecule has 0 aliphatic rings. The van der Waals surface area contributed by atoms with Gasteiger partial charge in [-0.05, 0) is 67.3 Å². The van der Waals surface area contributed by atoms with Gasteiger partial charge in [-0.25, -0.2) is 4.21 Å². The van der Waals surface area contributed by atoms with Crippen LogP contribution in [-0.4, -0.2) is 72.7 Å². The molecule has 0 fully saturated rings. The zero-order valence-electron chi connectivity index (χ0n) is 19.2. The Morgan fingerprint density at radius 2 is 1.30 bits per heavy atom. The quantitative estimate of drug-likeness (QED) is 0.0614. The zero-order chi connectivity index (χ0) is 27.4. The van der Waals surface area contributed by atoms with Crippen LogP contribution < -0.4 is 10.6 Å². The Hall–Kier alpha value is -2.62. The summed E-state index contributed by atoms with van der Waals surface area (Å²) in [6, 6.07) is 9.28. The third-order valence-corrected chi connectivity index (χ3v) is 8.92. The van der Waals surface area contributed by atoms with E-state index < -0.39 is 21.6 Å². The summed E-state index contributed by atoms with van der Waals surface area (Å²) >= 11 is 6.36. The van der Waals surface area contributed by atoms with Crippen LogP contribution in [0.2, 0.25) is 0 Å². The van der Waals surface area contributed by atoms with Gasteiger partial charge in [-0.1, -0.05) is 33.2 Å². The standard InChI is InChI=1S/C22H24Br2N4O7S2/c23-15-9-13(1-3-19(15)29)11-17(27-33)21(31)25-5-7-36-37(35)8-6-26-22(32)18(28-34)12-14-2-4-20(30)16(24)10-14/h1-4,9-10,29-30,33-34H,5-8,11-12H2,(H,25,31)(H,26,32)/b27-17-,28-18-. The van der Waals surface area contributed by atoms with Crippen LogP contribution in [0.15, 0.2) is 55.7 Å². The fraction of sp³-hybridized carbons (Fsp3) is 0.273. The Kier molecular flexibility index (Phi) is 12.9. The fourth-order valence-electron chi connectivity index (χ4n) is 2.84. The molecule has 0 aromatic heterocycles. The number of hydrogen-bond donors (Lipinski definition) is 6. The van der Waals surface area contributed by atoms with E-state index in [9.17, 15) is 34.4 Å². The van der Waals surface area contributed by atoms with E-state index in [0.717, 1.165) is 10.8 Å². The number of rotatable bonds is 13. The summed E-state index contributed by atoms with van der Waals surface area (Å²) in [6.45, 7) is 0.246. The molecule has 2 amide bonds. The number of aromatic hydroxyl groups is 2. The van der Waals surface area contributed by atoms with Gasteiger partial charge in [-0.15, -0.1) is 0 Å². The molecule has 0 radical (unpaired) electrons. The van der Waals surface area contributed by atoms with Gasteiger partial charge in [0.2, 0.25) is 0 Å². The fourth-order valence-corrected chi connectivity index (χ4v) is 5.86. The van der Waals surface area contributed by atoms with Crippen molar-refractivity contribution in [2.45, 2.75) is 12.8 Å². The molecular formula is C22H24Br2N4O7S2. The second-order valence-corrected chi connectivity index (χ2v) is 12.6. The molecule has 0 aliphatic heterocycles. The van der Waals surface area contributed by atoms with Crippen molar-refractivity contribution < 1.29 is 34.4 Å². The predicted octanol–water partition coefficient (Wildman–Crippen LogP) is 2.70. The molecule has 0 bridgehead atoms. The largest absolute Gasteiger partial charge is 0.507 e. The Balaban J connectivity index is 1.68. The maximum atomic E-state index is 12.2. The molecule has 200 valence electrons. The number of phenolic OH excluding ortho intramolecular Hbond substituents is 2. The number of nitrogens with one attached hydrogen (secondary N) is 2. The first kappa shape index (κ1) is 30.6. The summed E-state index contributed by atoms with van der Waals surface area (Å²) < 4.78 is 13.1. The van der Waals surface area contributed by atoms with Crippen LogP contribution >= 0.6 is 42.7 Å². The van der Waals surface area contributed by atoms with Gasteiger partial charge in [0.1, 0.15) is 22.9 Å². The van der Waals surface area contributed by atoms with Crippen molar-refractivity contribution in [3.8, 4) is 11.5 Å². The third kappa shape index (κ3) is 10.3. The summed E-state index contributed by atoms with van der Waals surface area (Å²) in [5.74, 6) is -0.662. The first-order valence-corrected chi connectivity index (χ1v) is 15.0. The van der Waals surface area contributed by atoms with Crippen molar-refractivity contribution in [1.29, 1.82) is 0 Å². The van der Waals surface area contributed by atoms with Crippen molar-refractivity contribution >= 4 is 75.7 Å². The van der Waals surface area contributed by atoms with E-state index in [-0.39, 0.29) is 54.6 Å². The highest BCUT2D eigenvalue weighted by molar-refractivity contribution is 9.10. The normalized spacial score (nSPS) is 12.7. The Bertz CT molecular complexity index is 1210. The predicted molar refractivity (Wildman–Crippen MR) is 149 cm³/mol. The number of halogens is 2. The molecule has 0 aliphatic carbocycles. The van der Waals surface area contributed by atoms with Crippen molar-refractivity contribution in [3.63, 3.8) is 0 Å². The maximum Gasteiger partial charge on any atom is 0.269 e. The number of amides is 2. The summed E-state index contributed by atoms with van der Waals surface area (Å²) in [5, 5.41) is 48.6. The van der Waals surface area contributed by atoms with E-state index in [2.05, 4.69) is 52.8 Å². The summed E-state index contributed by atoms with van der Waals surface area (Å²) in [6.07, 6.45) is 0.0744. The number of carbonyl (C=O) groups excluding carboxylic acids is 2. The molecule has 0 saturated heterocycles. The van der Waals surface area contributed by atoms with Crippen LogP contribution in [0.1, 0.15) is 11.1 Å². The minimum absolute atomic E-state index is 0.0297. The molecule has 6 N–H and O–H groups in total. The summed E-state index contributed by atoms with van der Waals surface area (Å²) in [5.41, 5.74) is 1.03. The summed E-state index contributed by atoms with van der Waals surface area (Å²) in [7, 11) is -0.275. The van der Waals surface area contributed by atoms with Gasteiger partial charge >= 0.3 is 0 Å². The molecule has 0 saturated carbocycles. The van der Waals surface area contributed by atoms with Crippen molar-refractivity contribution in [1.82, 2.24) is 10.6 Å². The maximum absolute atomic E-state index is 12.2. The molecule has 1 atom stereocenters. The van der Waals surface area contributed by atoms with E-state index in [1.165, 1.54) is 12.1 Å². The highest BCUT2D eigenvalue weighted by atomic mass is 79.9. The van der Waals surface area contributed by atoms with Gasteiger partial charge in [0.15, 0.2) is 0 Å². The SMILES string of the molecule is O=C(NCCSS(=O)CCNC(=O)/C(Cc1ccc(O)c(Br)c1)=N\O)/C(Cc1ccc(O)c(Br)c1)=N\O. The number of carbonyl (C=O) groups is 2. The molecule has 11 nitrogen and oxygen atoms in total. The van der Waals surface area contributed by atoms with Gasteiger partial charge in [0, 0.05) is 31.7 Å². The van der Waals surface area contributed by atoms with Crippen LogP contribution in [0.3, 0.4) is 0 Å². The average Bonchev–Trinajstić information content (AvgIpc) is 2.87. The van der Waals surface area contributed by atoms with Gasteiger partial charge in [0.25, 0.3) is 11.8 Å². The molecule has 1 unspecified atom stereocenters. The molecule has 0 spiro atoms. The van der Waals surface area contributed by atoms with Crippen LogP contribution in [0.25, 0.3) is 0 Å². The summed E-state index contributed by atoms with van der Waals surface area (Å²) in [4.78, 5) is 24.5. The van der Waals surface area contributed by atoms with Gasteiger partial charge in [-0.3, -0.25) is 9.59 Å². The van der Waals surface area contributed by atoms with E-state index >= 15 is 0 Å². The third-order valence-electron chi connectivity index (χ3n) is 4.69. The van der Waals surface area contributed by atoms with Crippen LogP contribution in [0.4, 0.5) is 0 Å². The average molecular weight is 680 g/mol. The lowest BCUT2D eigenvalue weighted by molar-refractivity contribution is -0.115. The lowest BCUT2D eigenvalue weighted by Gasteiger charge is -2.09. The minimum Gasteiger partial charge on any atom is -0.507 e. The van der Waals surface area contributed by atoms with Crippen molar-refractivity contribution in [2.24, 2.45) is 10.3 Å². The highest BCUT2D eigenvalue weighted by Crippen LogP contribution is 2.25. The molecule has 0 heterocycles. The van der Waals surface area contributed by atoms with Crippen LogP contribution in [0, 0.1) is 0 Å². The van der Waals surface area contributed by atoms with Crippen LogP contribution in [-0.2, 0) is 32.3 Å². The molecular weight excluding hydrogens is 656 g/mol. The molecule has 15 heteroatoms. The van der Waals surface area contributed by atoms with E-state index in [1.54, 1.807) is 24.3 Å².